The Kier molecular flexibility index (Phi) is 30.0. The number of phenols is 3. The Balaban J connectivity index is 0.865. The van der Waals surface area contributed by atoms with E-state index in [2.05, 4.69) is 58.0 Å². The van der Waals surface area contributed by atoms with Crippen molar-refractivity contribution in [3.63, 3.8) is 0 Å². The van der Waals surface area contributed by atoms with E-state index in [1.54, 1.807) is 49.0 Å². The number of thioether (sulfide) groups is 1. The number of aliphatic carboxylic acids is 1. The molecule has 0 spiro atoms. The first kappa shape index (κ1) is 98.6. The zero-order chi connectivity index (χ0) is 97.4. The van der Waals surface area contributed by atoms with Gasteiger partial charge in [0.1, 0.15) is 124 Å². The van der Waals surface area contributed by atoms with Crippen LogP contribution < -0.4 is 88.9 Å². The first-order valence-corrected chi connectivity index (χ1v) is 44.9. The molecule has 9 aliphatic rings. The van der Waals surface area contributed by atoms with Gasteiger partial charge >= 0.3 is 0 Å². The number of primary amides is 1. The van der Waals surface area contributed by atoms with E-state index in [1.165, 1.54) is 33.0 Å². The highest BCUT2D eigenvalue weighted by molar-refractivity contribution is 8.00. The van der Waals surface area contributed by atoms with E-state index >= 15 is 28.8 Å². The fourth-order valence-corrected chi connectivity index (χ4v) is 19.1. The van der Waals surface area contributed by atoms with Crippen molar-refractivity contribution in [3.05, 3.63) is 169 Å². The maximum absolute atomic E-state index is 16.4. The van der Waals surface area contributed by atoms with Crippen molar-refractivity contribution < 1.29 is 142 Å². The van der Waals surface area contributed by atoms with Crippen molar-refractivity contribution in [2.45, 2.75) is 174 Å². The molecule has 20 atom stereocenters. The second kappa shape index (κ2) is 41.1. The average Bonchev–Trinajstić information content (AvgIpc) is 0.820. The van der Waals surface area contributed by atoms with Gasteiger partial charge in [-0.1, -0.05) is 89.4 Å². The Morgan fingerprint density at radius 3 is 2.04 bits per heavy atom. The summed E-state index contributed by atoms with van der Waals surface area (Å²) < 4.78 is 40.2. The van der Waals surface area contributed by atoms with Crippen LogP contribution in [0.15, 0.2) is 126 Å². The van der Waals surface area contributed by atoms with Crippen LogP contribution in [0.2, 0.25) is 14.4 Å². The van der Waals surface area contributed by atoms with E-state index in [4.69, 9.17) is 85.3 Å². The smallest absolute Gasteiger partial charge is 0.276 e. The highest BCUT2D eigenvalue weighted by Crippen LogP contribution is 2.51. The number of phenolic OH excluding ortho intramolecular Hbond substituents is 3. The SMILES string of the molecule is CN[C@H](CC(C)C)C(=O)NC1C(=O)N[C@@H](CC(N)=O)C(=O)N[C@H]2C(=O)N[C@H]3C(=O)N[C@H](C(=O)N[C@H](C(=O)NCCO/N=C(\C(=O)N[C@@H]4C(=O)N5C(C(=O)[O-])=C(C[n+]6ccccc6)CSC45)c4nc(N)sc4Cl)c4cc(O)cc(O)c4-c4cc3ccc4O)[C@H](O)c3ccc(c(Cl)c3)Oc3cc2cc(c3O[C@@H]2O[C@H](CO)[C@@H](O)[C@H](O)[C@H]2O[C@H]2C[C@](C)(N)[C@H](O)[C@H](C)O2)Oc2ccc(cc2Cl)[C@H]1O. The summed E-state index contributed by atoms with van der Waals surface area (Å²) in [5.41, 5.74) is 12.8. The van der Waals surface area contributed by atoms with Crippen LogP contribution in [0.4, 0.5) is 5.13 Å². The van der Waals surface area contributed by atoms with E-state index in [-0.39, 0.29) is 68.8 Å². The van der Waals surface area contributed by atoms with Crippen LogP contribution in [-0.4, -0.2) is 249 Å². The summed E-state index contributed by atoms with van der Waals surface area (Å²) in [5.74, 6) is -19.6. The number of nitrogens with one attached hydrogen (secondary N) is 9. The highest BCUT2D eigenvalue weighted by Gasteiger charge is 2.55. The number of halogens is 3. The Morgan fingerprint density at radius 2 is 1.41 bits per heavy atom. The van der Waals surface area contributed by atoms with Crippen LogP contribution in [-0.2, 0) is 78.3 Å². The van der Waals surface area contributed by atoms with Gasteiger partial charge in [0.2, 0.25) is 59.3 Å². The number of carbonyl (C=O) groups is 11. The predicted molar refractivity (Wildman–Crippen MR) is 472 cm³/mol. The van der Waals surface area contributed by atoms with Gasteiger partial charge in [0, 0.05) is 52.6 Å². The number of fused-ring (bicyclic) bond motifs is 16. The summed E-state index contributed by atoms with van der Waals surface area (Å²) in [6.07, 6.45) is -15.8. The number of pyridine rings is 1. The van der Waals surface area contributed by atoms with Gasteiger partial charge in [-0.25, -0.2) is 9.55 Å². The third-order valence-corrected chi connectivity index (χ3v) is 26.2. The van der Waals surface area contributed by atoms with Gasteiger partial charge in [-0.2, -0.15) is 0 Å². The number of benzene rings is 5. The van der Waals surface area contributed by atoms with Crippen LogP contribution in [0.5, 0.6) is 46.0 Å². The minimum absolute atomic E-state index is 0.0897. The molecule has 135 heavy (non-hydrogen) atoms. The van der Waals surface area contributed by atoms with Crippen molar-refractivity contribution in [3.8, 4) is 57.1 Å². The van der Waals surface area contributed by atoms with Gasteiger partial charge < -0.3 is 154 Å². The van der Waals surface area contributed by atoms with Gasteiger partial charge in [-0.3, -0.25) is 52.8 Å². The maximum Gasteiger partial charge on any atom is 0.276 e. The van der Waals surface area contributed by atoms with Crippen LogP contribution in [0, 0.1) is 5.92 Å². The summed E-state index contributed by atoms with van der Waals surface area (Å²) in [7, 11) is 1.46. The lowest BCUT2D eigenvalue weighted by Gasteiger charge is -2.50. The fraction of sp³-hybridized carbons (Fsp3) is 0.395. The summed E-state index contributed by atoms with van der Waals surface area (Å²) in [5, 5.41) is 144. The van der Waals surface area contributed by atoms with Gasteiger partial charge in [0.15, 0.2) is 53.7 Å². The molecular formula is C86H93Cl3N16O28S2. The van der Waals surface area contributed by atoms with Crippen LogP contribution in [0.25, 0.3) is 11.1 Å². The molecule has 44 nitrogen and oxygen atoms in total. The molecule has 9 aliphatic heterocycles. The zero-order valence-corrected chi connectivity index (χ0v) is 75.7. The number of nitrogen functional groups attached to an aromatic ring is 1. The molecular weight excluding hydrogens is 1880 g/mol. The van der Waals surface area contributed by atoms with Crippen LogP contribution in [0.1, 0.15) is 111 Å². The monoisotopic (exact) mass is 1970 g/mol. The maximum atomic E-state index is 16.4. The molecule has 2 unspecified atom stereocenters. The number of amides is 10. The van der Waals surface area contributed by atoms with E-state index in [0.717, 1.165) is 94.7 Å². The topological polar surface area (TPSA) is 676 Å². The van der Waals surface area contributed by atoms with Crippen molar-refractivity contribution in [2.75, 3.05) is 38.3 Å². The van der Waals surface area contributed by atoms with E-state index < -0.39 is 296 Å². The molecule has 0 aliphatic carbocycles. The quantitative estimate of drug-likeness (QED) is 0.0116. The Bertz CT molecular complexity index is 5900. The number of carbonyl (C=O) groups excluding carboxylic acids is 11. The Labute approximate surface area is 789 Å². The van der Waals surface area contributed by atoms with Crippen molar-refractivity contribution in [1.82, 2.24) is 57.7 Å². The molecule has 49 heteroatoms. The number of nitrogens with zero attached hydrogens (tertiary/aromatic N) is 4. The molecule has 3 saturated heterocycles. The van der Waals surface area contributed by atoms with Gasteiger partial charge in [0.25, 0.3) is 11.8 Å². The minimum atomic E-state index is -2.42. The number of carboxylic acids is 1. The van der Waals surface area contributed by atoms with Gasteiger partial charge in [-0.05, 0) is 116 Å². The molecule has 2 aromatic heterocycles. The summed E-state index contributed by atoms with van der Waals surface area (Å²) in [4.78, 5) is 173. The number of likely N-dealkylation sites (N-methyl/N-ethyl adjacent to an activating group) is 1. The molecule has 0 radical (unpaired) electrons. The lowest BCUT2D eigenvalue weighted by Crippen LogP contribution is -2.71. The molecule has 718 valence electrons. The first-order valence-electron chi connectivity index (χ1n) is 41.9. The van der Waals surface area contributed by atoms with Crippen LogP contribution >= 0.6 is 57.9 Å². The highest BCUT2D eigenvalue weighted by atomic mass is 35.5. The molecule has 7 aromatic rings. The molecule has 3 fully saturated rings. The normalized spacial score (nSPS) is 27.2. The number of ether oxygens (including phenoxy) is 6. The number of aromatic hydroxyl groups is 3. The second-order valence-electron chi connectivity index (χ2n) is 33.3. The lowest BCUT2D eigenvalue weighted by molar-refractivity contribution is -0.689. The third kappa shape index (κ3) is 21.2. The minimum Gasteiger partial charge on any atom is -0.543 e. The van der Waals surface area contributed by atoms with Crippen LogP contribution in [0.3, 0.4) is 0 Å². The average molecular weight is 1970 g/mol. The number of aliphatic hydroxyl groups is 6. The third-order valence-electron chi connectivity index (χ3n) is 23.2. The second-order valence-corrected chi connectivity index (χ2v) is 36.8. The number of nitrogens with two attached hydrogens (primary N) is 3. The van der Waals surface area contributed by atoms with Gasteiger partial charge in [-0.15, -0.1) is 11.8 Å². The number of aliphatic hydroxyl groups excluding tert-OH is 6. The molecule has 5 aromatic carbocycles. The first-order chi connectivity index (χ1) is 64.1. The molecule has 0 saturated carbocycles. The number of carboxylic acid groups (broad SMARTS) is 1. The summed E-state index contributed by atoms with van der Waals surface area (Å²) >= 11 is 22.8. The Morgan fingerprint density at radius 1 is 0.763 bits per heavy atom. The number of hydrogen-bond acceptors (Lipinski definition) is 35. The number of aromatic nitrogens is 2. The summed E-state index contributed by atoms with van der Waals surface area (Å²) in [6.45, 7) is 4.32. The number of anilines is 1. The lowest BCUT2D eigenvalue weighted by atomic mass is 9.86. The van der Waals surface area contributed by atoms with E-state index in [0.29, 0.717) is 5.57 Å². The van der Waals surface area contributed by atoms with Crippen molar-refractivity contribution in [2.24, 2.45) is 22.5 Å². The standard InChI is InChI=1S/C86H93Cl3N16O28S2/c1-32(2)19-44(93-5)73(116)99-61-65(111)35-10-13-48(42(87)21-35)129-50-23-37-24-51(69(50)133-84-70(68(114)67(113)52(30-106)131-84)132-54-28-86(4,92)71(115)33(3)128-54)130-49-14-11-36(22-43(49)88)66(112)62-80(123)98-58(41-25-39(107)26-47(109)55(41)40-20-34(9-12-46(40)108)56(76(119)100-62)97-77(120)57(37)96-74(117)45(27-53(90)110)95-79(61)122)75(118)94-15-18-127-103-60(59-72(89)135-85(91)102-59)78(121)101-63-81(124)105-64(83(125)126)38(31-134-82(63)105)29-104-16-7-6-8-17-104/h6-14,16-17,20-26,32-33,44-45,52,54,56-58,61-63,65-68,70-71,82,84,93,106,111-115H,15,18-19,27-31,92H2,1-5H3,(H15-,90,91,94,95,96,97,98,99,100,101,102,103,107,108,109,110,116,117,118,119,120,121,122,123,125,126)/t33-,44+,45-,52+,54-,56+,57+,58-,61?,62-,63+,65+,66+,67+,68-,70+,71+,82?,84-,86-/m0/s1. The predicted octanol–water partition coefficient (Wildman–Crippen LogP) is -1.36. The largest absolute Gasteiger partial charge is 0.543 e. The van der Waals surface area contributed by atoms with Crippen molar-refractivity contribution in [1.29, 1.82) is 0 Å². The molecule has 24 N–H and O–H groups in total. The number of β-lactam (4-membered cyclic amide) rings is 1. The number of hydrogen-bond donors (Lipinski definition) is 21. The molecule has 16 rings (SSSR count). The number of thiazole rings is 1. The zero-order valence-electron chi connectivity index (χ0n) is 71.8. The molecule has 11 heterocycles. The summed E-state index contributed by atoms with van der Waals surface area (Å²) in [6, 6.07) is 2.60. The fourth-order valence-electron chi connectivity index (χ4n) is 16.4. The van der Waals surface area contributed by atoms with Gasteiger partial charge in [0.05, 0.1) is 59.5 Å². The van der Waals surface area contributed by atoms with E-state index in [1.807, 2.05) is 0 Å². The van der Waals surface area contributed by atoms with Crippen molar-refractivity contribution >= 4 is 134 Å². The number of oxime groups is 1. The molecule has 11 bridgehead atoms. The van der Waals surface area contributed by atoms with E-state index in [9.17, 15) is 75.0 Å². The number of rotatable bonds is 23. The Hall–Kier alpha value is -12.4. The molecule has 10 amide bonds.